The molecule has 0 amide bonds. The Hall–Kier alpha value is -2.05. The standard InChI is InChI=1S/C18H25NO5/c1-12(2)14-9-13(24-8-7-23-4)10-15-16(18(20)21)11-19(17(14)15)5-6-22-3/h9-12H,5-8H2,1-4H3,(H,20,21). The van der Waals surface area contributed by atoms with Gasteiger partial charge in [0.1, 0.15) is 12.4 Å². The van der Waals surface area contributed by atoms with Crippen molar-refractivity contribution in [2.75, 3.05) is 34.0 Å². The van der Waals surface area contributed by atoms with E-state index in [9.17, 15) is 9.90 Å². The summed E-state index contributed by atoms with van der Waals surface area (Å²) in [5.41, 5.74) is 2.27. The Morgan fingerprint density at radius 1 is 1.17 bits per heavy atom. The van der Waals surface area contributed by atoms with Crippen LogP contribution in [0.1, 0.15) is 35.7 Å². The monoisotopic (exact) mass is 335 g/mol. The average molecular weight is 335 g/mol. The van der Waals surface area contributed by atoms with Gasteiger partial charge >= 0.3 is 5.97 Å². The maximum absolute atomic E-state index is 11.6. The summed E-state index contributed by atoms with van der Waals surface area (Å²) in [7, 11) is 3.25. The first-order valence-electron chi connectivity index (χ1n) is 8.00. The third-order valence-electron chi connectivity index (χ3n) is 3.92. The predicted molar refractivity (Wildman–Crippen MR) is 92.2 cm³/mol. The Kier molecular flexibility index (Phi) is 6.23. The zero-order valence-electron chi connectivity index (χ0n) is 14.7. The SMILES string of the molecule is COCCOc1cc(C(C)C)c2c(c1)c(C(=O)O)cn2CCOC. The van der Waals surface area contributed by atoms with Crippen molar-refractivity contribution in [2.45, 2.75) is 26.3 Å². The molecule has 24 heavy (non-hydrogen) atoms. The average Bonchev–Trinajstić information content (AvgIpc) is 2.91. The van der Waals surface area contributed by atoms with E-state index in [0.717, 1.165) is 11.1 Å². The van der Waals surface area contributed by atoms with E-state index in [4.69, 9.17) is 14.2 Å². The minimum Gasteiger partial charge on any atom is -0.491 e. The molecule has 2 rings (SSSR count). The summed E-state index contributed by atoms with van der Waals surface area (Å²) in [5.74, 6) is -0.0496. The number of ether oxygens (including phenoxy) is 3. The van der Waals surface area contributed by atoms with Crippen molar-refractivity contribution in [1.29, 1.82) is 0 Å². The largest absolute Gasteiger partial charge is 0.491 e. The molecule has 6 nitrogen and oxygen atoms in total. The number of nitrogens with zero attached hydrogens (tertiary/aromatic N) is 1. The molecule has 1 heterocycles. The van der Waals surface area contributed by atoms with Gasteiger partial charge in [0.05, 0.1) is 24.3 Å². The fourth-order valence-corrected chi connectivity index (χ4v) is 2.75. The van der Waals surface area contributed by atoms with Gasteiger partial charge < -0.3 is 23.9 Å². The first kappa shape index (κ1) is 18.3. The highest BCUT2D eigenvalue weighted by molar-refractivity contribution is 6.05. The smallest absolute Gasteiger partial charge is 0.337 e. The molecular weight excluding hydrogens is 310 g/mol. The molecule has 0 spiro atoms. The highest BCUT2D eigenvalue weighted by Crippen LogP contribution is 2.34. The minimum atomic E-state index is -0.945. The van der Waals surface area contributed by atoms with E-state index in [1.807, 2.05) is 10.6 Å². The number of hydrogen-bond acceptors (Lipinski definition) is 4. The van der Waals surface area contributed by atoms with Crippen LogP contribution < -0.4 is 4.74 Å². The van der Waals surface area contributed by atoms with Gasteiger partial charge in [0, 0.05) is 32.3 Å². The van der Waals surface area contributed by atoms with Crippen LogP contribution in [0.2, 0.25) is 0 Å². The molecule has 6 heteroatoms. The quantitative estimate of drug-likeness (QED) is 0.713. The van der Waals surface area contributed by atoms with Gasteiger partial charge in [-0.2, -0.15) is 0 Å². The zero-order chi connectivity index (χ0) is 17.7. The number of carboxylic acid groups (broad SMARTS) is 1. The molecule has 132 valence electrons. The lowest BCUT2D eigenvalue weighted by Crippen LogP contribution is -2.07. The van der Waals surface area contributed by atoms with E-state index in [0.29, 0.717) is 37.5 Å². The second-order valence-electron chi connectivity index (χ2n) is 5.94. The highest BCUT2D eigenvalue weighted by atomic mass is 16.5. The normalized spacial score (nSPS) is 11.4. The Bertz CT molecular complexity index is 705. The summed E-state index contributed by atoms with van der Waals surface area (Å²) in [5, 5.41) is 10.2. The number of rotatable bonds is 9. The summed E-state index contributed by atoms with van der Waals surface area (Å²) in [6, 6.07) is 3.78. The van der Waals surface area contributed by atoms with Gasteiger partial charge in [-0.05, 0) is 23.6 Å². The molecule has 0 radical (unpaired) electrons. The second-order valence-corrected chi connectivity index (χ2v) is 5.94. The van der Waals surface area contributed by atoms with Crippen LogP contribution in [-0.4, -0.2) is 49.7 Å². The van der Waals surface area contributed by atoms with E-state index in [-0.39, 0.29) is 11.5 Å². The molecule has 0 unspecified atom stereocenters. The number of carbonyl (C=O) groups is 1. The lowest BCUT2D eigenvalue weighted by molar-refractivity contribution is 0.0698. The molecule has 1 aromatic carbocycles. The van der Waals surface area contributed by atoms with Gasteiger partial charge in [0.25, 0.3) is 0 Å². The van der Waals surface area contributed by atoms with E-state index in [1.165, 1.54) is 0 Å². The van der Waals surface area contributed by atoms with Crippen LogP contribution in [0.4, 0.5) is 0 Å². The number of methoxy groups -OCH3 is 2. The van der Waals surface area contributed by atoms with Crippen LogP contribution in [0.25, 0.3) is 10.9 Å². The maximum Gasteiger partial charge on any atom is 0.337 e. The van der Waals surface area contributed by atoms with E-state index in [1.54, 1.807) is 26.5 Å². The Labute approximate surface area is 141 Å². The second kappa shape index (κ2) is 8.17. The summed E-state index contributed by atoms with van der Waals surface area (Å²) < 4.78 is 17.8. The fourth-order valence-electron chi connectivity index (χ4n) is 2.75. The van der Waals surface area contributed by atoms with Crippen LogP contribution in [-0.2, 0) is 16.0 Å². The maximum atomic E-state index is 11.6. The van der Waals surface area contributed by atoms with Crippen molar-refractivity contribution in [1.82, 2.24) is 4.57 Å². The molecule has 0 bridgehead atoms. The molecule has 0 atom stereocenters. The first-order chi connectivity index (χ1) is 11.5. The van der Waals surface area contributed by atoms with E-state index < -0.39 is 5.97 Å². The van der Waals surface area contributed by atoms with E-state index >= 15 is 0 Å². The van der Waals surface area contributed by atoms with Gasteiger partial charge in [-0.1, -0.05) is 13.8 Å². The van der Waals surface area contributed by atoms with Crippen molar-refractivity contribution >= 4 is 16.9 Å². The third-order valence-corrected chi connectivity index (χ3v) is 3.92. The summed E-state index contributed by atoms with van der Waals surface area (Å²) in [6.45, 7) is 6.20. The van der Waals surface area contributed by atoms with Gasteiger partial charge in [0.15, 0.2) is 0 Å². The van der Waals surface area contributed by atoms with Crippen LogP contribution in [0, 0.1) is 0 Å². The molecule has 0 saturated heterocycles. The number of hydrogen-bond donors (Lipinski definition) is 1. The molecule has 0 aliphatic carbocycles. The van der Waals surface area contributed by atoms with Gasteiger partial charge in [-0.25, -0.2) is 4.79 Å². The zero-order valence-corrected chi connectivity index (χ0v) is 14.7. The molecule has 0 fully saturated rings. The molecular formula is C18H25NO5. The van der Waals surface area contributed by atoms with Crippen molar-refractivity contribution < 1.29 is 24.1 Å². The summed E-state index contributed by atoms with van der Waals surface area (Å²) in [4.78, 5) is 11.6. The number of aromatic nitrogens is 1. The van der Waals surface area contributed by atoms with Gasteiger partial charge in [-0.3, -0.25) is 0 Å². The molecule has 1 N–H and O–H groups in total. The molecule has 0 saturated carbocycles. The number of benzene rings is 1. The Balaban J connectivity index is 2.59. The van der Waals surface area contributed by atoms with Crippen LogP contribution in [0.3, 0.4) is 0 Å². The van der Waals surface area contributed by atoms with Gasteiger partial charge in [-0.15, -0.1) is 0 Å². The number of aromatic carboxylic acids is 1. The van der Waals surface area contributed by atoms with E-state index in [2.05, 4.69) is 13.8 Å². The lowest BCUT2D eigenvalue weighted by Gasteiger charge is -2.15. The Morgan fingerprint density at radius 3 is 2.46 bits per heavy atom. The minimum absolute atomic E-state index is 0.233. The van der Waals surface area contributed by atoms with Gasteiger partial charge in [0.2, 0.25) is 0 Å². The molecule has 0 aliphatic rings. The van der Waals surface area contributed by atoms with Crippen LogP contribution in [0.15, 0.2) is 18.3 Å². The van der Waals surface area contributed by atoms with Crippen molar-refractivity contribution in [3.63, 3.8) is 0 Å². The number of fused-ring (bicyclic) bond motifs is 1. The van der Waals surface area contributed by atoms with Crippen molar-refractivity contribution in [2.24, 2.45) is 0 Å². The Morgan fingerprint density at radius 2 is 1.88 bits per heavy atom. The third kappa shape index (κ3) is 3.88. The predicted octanol–water partition coefficient (Wildman–Crippen LogP) is 3.13. The molecule has 0 aliphatic heterocycles. The topological polar surface area (TPSA) is 69.9 Å². The number of carboxylic acids is 1. The summed E-state index contributed by atoms with van der Waals surface area (Å²) in [6.07, 6.45) is 1.68. The summed E-state index contributed by atoms with van der Waals surface area (Å²) >= 11 is 0. The molecule has 2 aromatic rings. The van der Waals surface area contributed by atoms with Crippen LogP contribution in [0.5, 0.6) is 5.75 Å². The highest BCUT2D eigenvalue weighted by Gasteiger charge is 2.19. The fraction of sp³-hybridized carbons (Fsp3) is 0.500. The van der Waals surface area contributed by atoms with Crippen molar-refractivity contribution in [3.05, 3.63) is 29.5 Å². The van der Waals surface area contributed by atoms with Crippen molar-refractivity contribution in [3.8, 4) is 5.75 Å². The van der Waals surface area contributed by atoms with Crippen LogP contribution >= 0.6 is 0 Å². The lowest BCUT2D eigenvalue weighted by atomic mass is 9.99. The molecule has 1 aromatic heterocycles. The first-order valence-corrected chi connectivity index (χ1v) is 8.00.